The molecule has 0 heterocycles. The van der Waals surface area contributed by atoms with Gasteiger partial charge in [0.05, 0.1) is 6.42 Å². The Bertz CT molecular complexity index is 971. The lowest BCUT2D eigenvalue weighted by Gasteiger charge is -2.09. The zero-order valence-electron chi connectivity index (χ0n) is 15.2. The standard InChI is InChI=1S/C22H17Cl2NO4/c23-19-7-4-8-20(24)18(19)13-22(27)28-14-21(26)25-15-9-11-17(12-10-15)29-16-5-2-1-3-6-16/h1-12H,13-14H2,(H,25,26). The van der Waals surface area contributed by atoms with Crippen LogP contribution in [0, 0.1) is 0 Å². The average Bonchev–Trinajstić information content (AvgIpc) is 2.72. The molecule has 0 radical (unpaired) electrons. The summed E-state index contributed by atoms with van der Waals surface area (Å²) in [6, 6.07) is 21.2. The van der Waals surface area contributed by atoms with E-state index in [-0.39, 0.29) is 6.42 Å². The molecule has 5 nitrogen and oxygen atoms in total. The van der Waals surface area contributed by atoms with E-state index in [0.29, 0.717) is 27.0 Å². The van der Waals surface area contributed by atoms with Crippen molar-refractivity contribution in [2.75, 3.05) is 11.9 Å². The first-order valence-corrected chi connectivity index (χ1v) is 9.48. The van der Waals surface area contributed by atoms with Gasteiger partial charge in [0.15, 0.2) is 6.61 Å². The van der Waals surface area contributed by atoms with Crippen molar-refractivity contribution >= 4 is 40.8 Å². The van der Waals surface area contributed by atoms with Gasteiger partial charge in [-0.05, 0) is 48.5 Å². The highest BCUT2D eigenvalue weighted by Gasteiger charge is 2.13. The van der Waals surface area contributed by atoms with E-state index < -0.39 is 18.5 Å². The summed E-state index contributed by atoms with van der Waals surface area (Å²) < 4.78 is 10.7. The molecule has 3 aromatic rings. The number of anilines is 1. The molecule has 0 aliphatic rings. The van der Waals surface area contributed by atoms with Gasteiger partial charge < -0.3 is 14.8 Å². The Balaban J connectivity index is 1.47. The molecule has 0 aliphatic carbocycles. The van der Waals surface area contributed by atoms with Crippen LogP contribution in [0.25, 0.3) is 0 Å². The number of rotatable bonds is 7. The number of nitrogens with one attached hydrogen (secondary N) is 1. The Morgan fingerprint density at radius 3 is 2.07 bits per heavy atom. The van der Waals surface area contributed by atoms with E-state index in [1.165, 1.54) is 0 Å². The molecule has 29 heavy (non-hydrogen) atoms. The molecule has 148 valence electrons. The Labute approximate surface area is 178 Å². The third kappa shape index (κ3) is 6.24. The molecule has 3 aromatic carbocycles. The fourth-order valence-corrected chi connectivity index (χ4v) is 3.00. The zero-order valence-corrected chi connectivity index (χ0v) is 16.7. The summed E-state index contributed by atoms with van der Waals surface area (Å²) in [4.78, 5) is 24.0. The van der Waals surface area contributed by atoms with Gasteiger partial charge in [0.2, 0.25) is 0 Å². The quantitative estimate of drug-likeness (QED) is 0.502. The zero-order chi connectivity index (χ0) is 20.6. The van der Waals surface area contributed by atoms with Crippen LogP contribution in [0.5, 0.6) is 11.5 Å². The van der Waals surface area contributed by atoms with Gasteiger partial charge in [-0.3, -0.25) is 9.59 Å². The van der Waals surface area contributed by atoms with Crippen molar-refractivity contribution in [3.63, 3.8) is 0 Å². The number of hydrogen-bond donors (Lipinski definition) is 1. The molecular formula is C22H17Cl2NO4. The molecular weight excluding hydrogens is 413 g/mol. The van der Waals surface area contributed by atoms with Gasteiger partial charge in [0.25, 0.3) is 5.91 Å². The van der Waals surface area contributed by atoms with E-state index in [1.807, 2.05) is 30.3 Å². The fourth-order valence-electron chi connectivity index (χ4n) is 2.47. The second-order valence-electron chi connectivity index (χ2n) is 6.03. The Morgan fingerprint density at radius 1 is 0.793 bits per heavy atom. The van der Waals surface area contributed by atoms with Crippen LogP contribution in [0.3, 0.4) is 0 Å². The molecule has 1 amide bonds. The summed E-state index contributed by atoms with van der Waals surface area (Å²) >= 11 is 12.1. The second-order valence-corrected chi connectivity index (χ2v) is 6.84. The number of benzene rings is 3. The van der Waals surface area contributed by atoms with Crippen molar-refractivity contribution in [2.45, 2.75) is 6.42 Å². The summed E-state index contributed by atoms with van der Waals surface area (Å²) in [7, 11) is 0. The molecule has 0 atom stereocenters. The van der Waals surface area contributed by atoms with Gasteiger partial charge in [0, 0.05) is 21.3 Å². The minimum atomic E-state index is -0.596. The molecule has 3 rings (SSSR count). The monoisotopic (exact) mass is 429 g/mol. The largest absolute Gasteiger partial charge is 0.457 e. The summed E-state index contributed by atoms with van der Waals surface area (Å²) in [5, 5.41) is 3.40. The smallest absolute Gasteiger partial charge is 0.310 e. The van der Waals surface area contributed by atoms with Gasteiger partial charge in [-0.2, -0.15) is 0 Å². The van der Waals surface area contributed by atoms with Crippen LogP contribution >= 0.6 is 23.2 Å². The minimum Gasteiger partial charge on any atom is -0.457 e. The number of hydrogen-bond acceptors (Lipinski definition) is 4. The van der Waals surface area contributed by atoms with E-state index in [2.05, 4.69) is 5.32 Å². The van der Waals surface area contributed by atoms with Crippen LogP contribution in [0.2, 0.25) is 10.0 Å². The summed E-state index contributed by atoms with van der Waals surface area (Å²) in [6.07, 6.45) is -0.114. The van der Waals surface area contributed by atoms with E-state index in [9.17, 15) is 9.59 Å². The maximum absolute atomic E-state index is 12.0. The lowest BCUT2D eigenvalue weighted by Crippen LogP contribution is -2.21. The molecule has 0 bridgehead atoms. The molecule has 0 spiro atoms. The second kappa shape index (κ2) is 9.96. The van der Waals surface area contributed by atoms with Gasteiger partial charge in [-0.25, -0.2) is 0 Å². The lowest BCUT2D eigenvalue weighted by molar-refractivity contribution is -0.146. The maximum atomic E-state index is 12.0. The highest BCUT2D eigenvalue weighted by atomic mass is 35.5. The lowest BCUT2D eigenvalue weighted by atomic mass is 10.1. The number of amides is 1. The Morgan fingerprint density at radius 2 is 1.41 bits per heavy atom. The first kappa shape index (κ1) is 20.7. The molecule has 7 heteroatoms. The van der Waals surface area contributed by atoms with Gasteiger partial charge in [0.1, 0.15) is 11.5 Å². The van der Waals surface area contributed by atoms with E-state index >= 15 is 0 Å². The Hall–Kier alpha value is -3.02. The number of halogens is 2. The number of para-hydroxylation sites is 1. The van der Waals surface area contributed by atoms with Crippen LogP contribution in [0.15, 0.2) is 72.8 Å². The third-order valence-electron chi connectivity index (χ3n) is 3.86. The average molecular weight is 430 g/mol. The molecule has 0 fully saturated rings. The molecule has 0 aliphatic heterocycles. The van der Waals surface area contributed by atoms with Crippen molar-refractivity contribution < 1.29 is 19.1 Å². The van der Waals surface area contributed by atoms with E-state index in [4.69, 9.17) is 32.7 Å². The van der Waals surface area contributed by atoms with Gasteiger partial charge in [-0.15, -0.1) is 0 Å². The van der Waals surface area contributed by atoms with Gasteiger partial charge >= 0.3 is 5.97 Å². The molecule has 0 saturated heterocycles. The topological polar surface area (TPSA) is 64.6 Å². The molecule has 0 saturated carbocycles. The SMILES string of the molecule is O=C(COC(=O)Cc1c(Cl)cccc1Cl)Nc1ccc(Oc2ccccc2)cc1. The van der Waals surface area contributed by atoms with E-state index in [1.54, 1.807) is 42.5 Å². The molecule has 0 unspecified atom stereocenters. The van der Waals surface area contributed by atoms with Crippen LogP contribution < -0.4 is 10.1 Å². The predicted octanol–water partition coefficient (Wildman–Crippen LogP) is 5.51. The van der Waals surface area contributed by atoms with Crippen molar-refractivity contribution in [1.29, 1.82) is 0 Å². The normalized spacial score (nSPS) is 10.3. The van der Waals surface area contributed by atoms with Crippen molar-refractivity contribution in [1.82, 2.24) is 0 Å². The summed E-state index contributed by atoms with van der Waals surface area (Å²) in [5.74, 6) is 0.300. The highest BCUT2D eigenvalue weighted by Crippen LogP contribution is 2.25. The summed E-state index contributed by atoms with van der Waals surface area (Å²) in [6.45, 7) is -0.414. The molecule has 1 N–H and O–H groups in total. The summed E-state index contributed by atoms with van der Waals surface area (Å²) in [5.41, 5.74) is 1.02. The minimum absolute atomic E-state index is 0.114. The van der Waals surface area contributed by atoms with Crippen LogP contribution in [0.1, 0.15) is 5.56 Å². The van der Waals surface area contributed by atoms with E-state index in [0.717, 1.165) is 5.75 Å². The Kier molecular flexibility index (Phi) is 7.11. The number of carbonyl (C=O) groups excluding carboxylic acids is 2. The third-order valence-corrected chi connectivity index (χ3v) is 4.57. The first-order valence-electron chi connectivity index (χ1n) is 8.72. The van der Waals surface area contributed by atoms with Crippen molar-refractivity contribution in [3.05, 3.63) is 88.4 Å². The molecule has 0 aromatic heterocycles. The predicted molar refractivity (Wildman–Crippen MR) is 113 cm³/mol. The first-order chi connectivity index (χ1) is 14.0. The van der Waals surface area contributed by atoms with Crippen molar-refractivity contribution in [2.24, 2.45) is 0 Å². The highest BCUT2D eigenvalue weighted by molar-refractivity contribution is 6.36. The van der Waals surface area contributed by atoms with Crippen LogP contribution in [-0.4, -0.2) is 18.5 Å². The van der Waals surface area contributed by atoms with Crippen molar-refractivity contribution in [3.8, 4) is 11.5 Å². The maximum Gasteiger partial charge on any atom is 0.310 e. The van der Waals surface area contributed by atoms with Crippen LogP contribution in [-0.2, 0) is 20.7 Å². The number of esters is 1. The van der Waals surface area contributed by atoms with Crippen LogP contribution in [0.4, 0.5) is 5.69 Å². The van der Waals surface area contributed by atoms with Gasteiger partial charge in [-0.1, -0.05) is 47.5 Å². The number of carbonyl (C=O) groups is 2. The fraction of sp³-hybridized carbons (Fsp3) is 0.0909. The number of ether oxygens (including phenoxy) is 2.